The zero-order valence-electron chi connectivity index (χ0n) is 13.5. The fraction of sp³-hybridized carbons (Fsp3) is 0.556. The highest BCUT2D eigenvalue weighted by Gasteiger charge is 2.40. The number of carbonyl (C=O) groups excluding carboxylic acids is 2. The molecule has 1 rings (SSSR count). The van der Waals surface area contributed by atoms with E-state index in [1.54, 1.807) is 0 Å². The molecule has 1 N–H and O–H groups in total. The lowest BCUT2D eigenvalue weighted by Crippen LogP contribution is -2.34. The van der Waals surface area contributed by atoms with Gasteiger partial charge in [-0.1, -0.05) is 18.8 Å². The van der Waals surface area contributed by atoms with E-state index in [0.29, 0.717) is 12.8 Å². The first-order chi connectivity index (χ1) is 11.6. The molecule has 128 valence electrons. The maximum absolute atomic E-state index is 11.3. The second kappa shape index (κ2) is 11.0. The molecule has 6 nitrogen and oxygen atoms in total. The molecule has 3 atom stereocenters. The third-order valence-electron chi connectivity index (χ3n) is 3.42. The zero-order valence-corrected chi connectivity index (χ0v) is 13.5. The van der Waals surface area contributed by atoms with Crippen LogP contribution in [0.1, 0.15) is 38.5 Å². The minimum Gasteiger partial charge on any atom is -0.469 e. The minimum atomic E-state index is -1.19. The third kappa shape index (κ3) is 7.09. The first kappa shape index (κ1) is 19.4. The van der Waals surface area contributed by atoms with Crippen molar-refractivity contribution in [3.63, 3.8) is 0 Å². The van der Waals surface area contributed by atoms with Gasteiger partial charge in [0.15, 0.2) is 12.2 Å². The molecule has 0 aliphatic carbocycles. The molecule has 0 bridgehead atoms. The molecule has 6 heteroatoms. The van der Waals surface area contributed by atoms with Crippen molar-refractivity contribution < 1.29 is 28.9 Å². The van der Waals surface area contributed by atoms with Crippen molar-refractivity contribution in [3.8, 4) is 36.0 Å². The third-order valence-corrected chi connectivity index (χ3v) is 3.42. The van der Waals surface area contributed by atoms with Gasteiger partial charge in [-0.2, -0.15) is 0 Å². The summed E-state index contributed by atoms with van der Waals surface area (Å²) in [7, 11) is 1.36. The molecule has 0 aromatic carbocycles. The van der Waals surface area contributed by atoms with Crippen molar-refractivity contribution in [2.24, 2.45) is 0 Å². The molecule has 1 heterocycles. The molecule has 0 amide bonds. The summed E-state index contributed by atoms with van der Waals surface area (Å²) in [4.78, 5) is 22.3. The van der Waals surface area contributed by atoms with Crippen molar-refractivity contribution in [2.45, 2.75) is 56.8 Å². The van der Waals surface area contributed by atoms with E-state index in [-0.39, 0.29) is 5.97 Å². The van der Waals surface area contributed by atoms with Crippen LogP contribution in [0.3, 0.4) is 0 Å². The molecule has 1 saturated heterocycles. The van der Waals surface area contributed by atoms with E-state index in [4.69, 9.17) is 15.9 Å². The van der Waals surface area contributed by atoms with E-state index in [1.165, 1.54) is 7.11 Å². The summed E-state index contributed by atoms with van der Waals surface area (Å²) in [6.45, 7) is 0. The number of rotatable bonds is 8. The Hall–Kier alpha value is -2.62. The van der Waals surface area contributed by atoms with Crippen LogP contribution in [0, 0.1) is 36.0 Å². The van der Waals surface area contributed by atoms with Crippen molar-refractivity contribution in [2.75, 3.05) is 7.11 Å². The van der Waals surface area contributed by atoms with Gasteiger partial charge in [0.05, 0.1) is 7.11 Å². The highest BCUT2D eigenvalue weighted by molar-refractivity contribution is 5.68. The fourth-order valence-corrected chi connectivity index (χ4v) is 2.23. The Morgan fingerprint density at radius 2 is 2.00 bits per heavy atom. The van der Waals surface area contributed by atoms with E-state index in [2.05, 4.69) is 34.3 Å². The fourth-order valence-electron chi connectivity index (χ4n) is 2.23. The van der Waals surface area contributed by atoms with Crippen LogP contribution in [0.2, 0.25) is 0 Å². The molecule has 0 saturated carbocycles. The molecular weight excluding hydrogens is 312 g/mol. The lowest BCUT2D eigenvalue weighted by molar-refractivity contribution is -0.140. The average molecular weight is 332 g/mol. The highest BCUT2D eigenvalue weighted by Crippen LogP contribution is 2.23. The summed E-state index contributed by atoms with van der Waals surface area (Å²) in [6, 6.07) is 0. The summed E-state index contributed by atoms with van der Waals surface area (Å²) in [5.74, 6) is 11.4. The number of cyclic esters (lactones) is 2. The normalized spacial score (nSPS) is 19.5. The van der Waals surface area contributed by atoms with Crippen LogP contribution < -0.4 is 0 Å². The number of carbonyl (C=O) groups is 2. The topological polar surface area (TPSA) is 82.1 Å². The van der Waals surface area contributed by atoms with Gasteiger partial charge in [0.25, 0.3) is 0 Å². The van der Waals surface area contributed by atoms with Gasteiger partial charge in [0.2, 0.25) is 0 Å². The Balaban J connectivity index is 2.36. The predicted octanol–water partition coefficient (Wildman–Crippen LogP) is 1.40. The number of hydrogen-bond donors (Lipinski definition) is 1. The number of hydrogen-bond acceptors (Lipinski definition) is 6. The molecular formula is C18H20O6. The van der Waals surface area contributed by atoms with E-state index in [0.717, 1.165) is 25.7 Å². The maximum atomic E-state index is 11.3. The number of methoxy groups -OCH3 is 1. The molecule has 3 unspecified atom stereocenters. The van der Waals surface area contributed by atoms with Gasteiger partial charge < -0.3 is 19.3 Å². The van der Waals surface area contributed by atoms with Crippen LogP contribution in [0.15, 0.2) is 0 Å². The van der Waals surface area contributed by atoms with Crippen LogP contribution in [-0.2, 0) is 19.0 Å². The van der Waals surface area contributed by atoms with Crippen molar-refractivity contribution in [1.29, 1.82) is 0 Å². The average Bonchev–Trinajstić information content (AvgIpc) is 2.95. The summed E-state index contributed by atoms with van der Waals surface area (Å²) >= 11 is 0. The lowest BCUT2D eigenvalue weighted by Gasteiger charge is -2.16. The molecule has 0 spiro atoms. The summed E-state index contributed by atoms with van der Waals surface area (Å²) < 4.78 is 14.6. The first-order valence-corrected chi connectivity index (χ1v) is 7.66. The van der Waals surface area contributed by atoms with Gasteiger partial charge >= 0.3 is 12.1 Å². The van der Waals surface area contributed by atoms with Gasteiger partial charge in [-0.05, 0) is 42.9 Å². The van der Waals surface area contributed by atoms with Crippen molar-refractivity contribution >= 4 is 12.1 Å². The number of ether oxygens (including phenoxy) is 3. The Morgan fingerprint density at radius 1 is 1.25 bits per heavy atom. The monoisotopic (exact) mass is 332 g/mol. The Morgan fingerprint density at radius 3 is 2.71 bits per heavy atom. The molecule has 0 radical (unpaired) electrons. The molecule has 1 fully saturated rings. The quantitative estimate of drug-likeness (QED) is 0.411. The molecule has 0 aromatic rings. The first-order valence-electron chi connectivity index (χ1n) is 7.66. The lowest BCUT2D eigenvalue weighted by atomic mass is 10.0. The smallest absolute Gasteiger partial charge is 0.469 e. The highest BCUT2D eigenvalue weighted by atomic mass is 16.8. The van der Waals surface area contributed by atoms with Gasteiger partial charge in [0, 0.05) is 6.42 Å². The summed E-state index contributed by atoms with van der Waals surface area (Å²) in [5.41, 5.74) is 0. The van der Waals surface area contributed by atoms with Gasteiger partial charge in [0.1, 0.15) is 6.10 Å². The van der Waals surface area contributed by atoms with E-state index < -0.39 is 24.5 Å². The van der Waals surface area contributed by atoms with Crippen LogP contribution in [0.25, 0.3) is 0 Å². The van der Waals surface area contributed by atoms with E-state index >= 15 is 0 Å². The van der Waals surface area contributed by atoms with E-state index in [1.807, 2.05) is 0 Å². The molecule has 24 heavy (non-hydrogen) atoms. The Labute approximate surface area is 141 Å². The molecule has 1 aliphatic rings. The number of aliphatic hydroxyl groups is 1. The minimum absolute atomic E-state index is 0.220. The molecule has 1 aliphatic heterocycles. The Kier molecular flexibility index (Phi) is 8.90. The summed E-state index contributed by atoms with van der Waals surface area (Å²) in [6.07, 6.45) is 5.76. The van der Waals surface area contributed by atoms with Crippen LogP contribution in [0.4, 0.5) is 4.79 Å². The van der Waals surface area contributed by atoms with Crippen LogP contribution in [0.5, 0.6) is 0 Å². The van der Waals surface area contributed by atoms with Gasteiger partial charge in [-0.3, -0.25) is 4.79 Å². The second-order valence-electron chi connectivity index (χ2n) is 5.13. The largest absolute Gasteiger partial charge is 0.509 e. The second-order valence-corrected chi connectivity index (χ2v) is 5.13. The number of aliphatic hydroxyl groups excluding tert-OH is 1. The molecule has 0 aromatic heterocycles. The Bertz CT molecular complexity index is 595. The zero-order chi connectivity index (χ0) is 17.8. The van der Waals surface area contributed by atoms with Gasteiger partial charge in [-0.15, -0.1) is 6.42 Å². The SMILES string of the molecule is C#CC#CC#CC(O)C1OC(=O)OC1CCCCCCC(=O)OC. The number of esters is 1. The maximum Gasteiger partial charge on any atom is 0.509 e. The van der Waals surface area contributed by atoms with Gasteiger partial charge in [-0.25, -0.2) is 4.79 Å². The van der Waals surface area contributed by atoms with Crippen molar-refractivity contribution in [3.05, 3.63) is 0 Å². The van der Waals surface area contributed by atoms with Crippen LogP contribution in [-0.4, -0.2) is 42.7 Å². The standard InChI is InChI=1S/C18H20O6/c1-3-4-5-8-11-14(19)17-15(23-18(21)24-17)12-9-6-7-10-13-16(20)22-2/h1,14-15,17,19H,6-7,9-10,12-13H2,2H3. The van der Waals surface area contributed by atoms with Crippen molar-refractivity contribution in [1.82, 2.24) is 0 Å². The van der Waals surface area contributed by atoms with E-state index in [9.17, 15) is 14.7 Å². The predicted molar refractivity (Wildman–Crippen MR) is 85.3 cm³/mol. The number of terminal acetylenes is 1. The van der Waals surface area contributed by atoms with Crippen LogP contribution >= 0.6 is 0 Å². The number of unbranched alkanes of at least 4 members (excludes halogenated alkanes) is 3. The summed E-state index contributed by atoms with van der Waals surface area (Å²) in [5, 5.41) is 9.96.